The molecular formula is C15H21N3O2. The smallest absolute Gasteiger partial charge is 0.320 e. The van der Waals surface area contributed by atoms with Crippen LogP contribution in [0.1, 0.15) is 12.5 Å². The van der Waals surface area contributed by atoms with E-state index in [0.29, 0.717) is 39.3 Å². The molecule has 2 rings (SSSR count). The zero-order valence-corrected chi connectivity index (χ0v) is 11.9. The number of benzene rings is 1. The predicted molar refractivity (Wildman–Crippen MR) is 77.1 cm³/mol. The van der Waals surface area contributed by atoms with Gasteiger partial charge in [0, 0.05) is 39.3 Å². The number of carbonyl (C=O) groups is 2. The third kappa shape index (κ3) is 3.50. The van der Waals surface area contributed by atoms with Gasteiger partial charge in [0.25, 0.3) is 0 Å². The second kappa shape index (κ2) is 6.93. The van der Waals surface area contributed by atoms with E-state index in [9.17, 15) is 9.59 Å². The Labute approximate surface area is 119 Å². The Morgan fingerprint density at radius 1 is 1.20 bits per heavy atom. The predicted octanol–water partition coefficient (Wildman–Crippen LogP) is 1.40. The van der Waals surface area contributed by atoms with Crippen molar-refractivity contribution in [3.63, 3.8) is 0 Å². The number of rotatable bonds is 4. The topological polar surface area (TPSA) is 43.9 Å². The molecule has 0 N–H and O–H groups in total. The van der Waals surface area contributed by atoms with Crippen molar-refractivity contribution in [3.8, 4) is 0 Å². The second-order valence-corrected chi connectivity index (χ2v) is 4.91. The molecule has 0 aliphatic carbocycles. The van der Waals surface area contributed by atoms with Crippen molar-refractivity contribution in [3.05, 3.63) is 35.9 Å². The fraction of sp³-hybridized carbons (Fsp3) is 0.467. The highest BCUT2D eigenvalue weighted by molar-refractivity contribution is 5.74. The molecule has 1 saturated heterocycles. The molecule has 1 heterocycles. The number of amides is 3. The van der Waals surface area contributed by atoms with E-state index in [-0.39, 0.29) is 6.03 Å². The molecule has 20 heavy (non-hydrogen) atoms. The summed E-state index contributed by atoms with van der Waals surface area (Å²) in [6.07, 6.45) is 0.851. The zero-order chi connectivity index (χ0) is 14.4. The van der Waals surface area contributed by atoms with E-state index in [1.165, 1.54) is 0 Å². The first-order chi connectivity index (χ1) is 9.74. The Hall–Kier alpha value is -2.04. The van der Waals surface area contributed by atoms with Crippen molar-refractivity contribution in [2.45, 2.75) is 13.5 Å². The molecular weight excluding hydrogens is 254 g/mol. The molecule has 0 saturated carbocycles. The van der Waals surface area contributed by atoms with Gasteiger partial charge in [0.1, 0.15) is 0 Å². The van der Waals surface area contributed by atoms with Crippen molar-refractivity contribution in [1.29, 1.82) is 0 Å². The van der Waals surface area contributed by atoms with E-state index in [2.05, 4.69) is 0 Å². The molecule has 1 aromatic rings. The zero-order valence-electron chi connectivity index (χ0n) is 11.9. The van der Waals surface area contributed by atoms with Gasteiger partial charge in [-0.1, -0.05) is 30.3 Å². The SMILES string of the molecule is CCN(Cc1ccccc1)C(=O)N1CCN(C=O)CC1. The van der Waals surface area contributed by atoms with Crippen molar-refractivity contribution in [2.75, 3.05) is 32.7 Å². The van der Waals surface area contributed by atoms with Crippen LogP contribution in [0.4, 0.5) is 4.79 Å². The number of hydrogen-bond donors (Lipinski definition) is 0. The lowest BCUT2D eigenvalue weighted by molar-refractivity contribution is -0.119. The summed E-state index contributed by atoms with van der Waals surface area (Å²) >= 11 is 0. The van der Waals surface area contributed by atoms with E-state index in [0.717, 1.165) is 12.0 Å². The second-order valence-electron chi connectivity index (χ2n) is 4.91. The van der Waals surface area contributed by atoms with Gasteiger partial charge < -0.3 is 14.7 Å². The Bertz CT molecular complexity index is 442. The molecule has 108 valence electrons. The lowest BCUT2D eigenvalue weighted by Crippen LogP contribution is -2.52. The molecule has 0 unspecified atom stereocenters. The molecule has 5 heteroatoms. The fourth-order valence-corrected chi connectivity index (χ4v) is 2.34. The van der Waals surface area contributed by atoms with E-state index in [4.69, 9.17) is 0 Å². The van der Waals surface area contributed by atoms with Crippen molar-refractivity contribution < 1.29 is 9.59 Å². The maximum Gasteiger partial charge on any atom is 0.320 e. The van der Waals surface area contributed by atoms with Crippen LogP contribution in [0.5, 0.6) is 0 Å². The maximum absolute atomic E-state index is 12.5. The Morgan fingerprint density at radius 2 is 1.85 bits per heavy atom. The average Bonchev–Trinajstić information content (AvgIpc) is 2.53. The molecule has 0 spiro atoms. The Kier molecular flexibility index (Phi) is 4.98. The van der Waals surface area contributed by atoms with E-state index < -0.39 is 0 Å². The van der Waals surface area contributed by atoms with Gasteiger partial charge in [-0.25, -0.2) is 4.79 Å². The monoisotopic (exact) mass is 275 g/mol. The summed E-state index contributed by atoms with van der Waals surface area (Å²) in [7, 11) is 0. The third-order valence-electron chi connectivity index (χ3n) is 3.60. The van der Waals surface area contributed by atoms with Crippen molar-refractivity contribution in [1.82, 2.24) is 14.7 Å². The summed E-state index contributed by atoms with van der Waals surface area (Å²) in [5.41, 5.74) is 1.13. The number of hydrogen-bond acceptors (Lipinski definition) is 2. The van der Waals surface area contributed by atoms with Crippen LogP contribution in [0.2, 0.25) is 0 Å². The highest BCUT2D eigenvalue weighted by atomic mass is 16.2. The highest BCUT2D eigenvalue weighted by Gasteiger charge is 2.23. The molecule has 0 radical (unpaired) electrons. The minimum atomic E-state index is 0.0573. The molecule has 0 bridgehead atoms. The highest BCUT2D eigenvalue weighted by Crippen LogP contribution is 2.09. The number of piperazine rings is 1. The van der Waals surface area contributed by atoms with Gasteiger partial charge in [-0.15, -0.1) is 0 Å². The molecule has 1 aliphatic heterocycles. The van der Waals surface area contributed by atoms with Crippen LogP contribution in [0, 0.1) is 0 Å². The Balaban J connectivity index is 1.94. The first-order valence-corrected chi connectivity index (χ1v) is 7.01. The van der Waals surface area contributed by atoms with Gasteiger partial charge in [0.2, 0.25) is 6.41 Å². The van der Waals surface area contributed by atoms with Gasteiger partial charge >= 0.3 is 6.03 Å². The summed E-state index contributed by atoms with van der Waals surface area (Å²) < 4.78 is 0. The van der Waals surface area contributed by atoms with Crippen LogP contribution in [0.3, 0.4) is 0 Å². The summed E-state index contributed by atoms with van der Waals surface area (Å²) in [6.45, 7) is 5.77. The quantitative estimate of drug-likeness (QED) is 0.780. The van der Waals surface area contributed by atoms with E-state index in [1.807, 2.05) is 47.1 Å². The van der Waals surface area contributed by atoms with Gasteiger partial charge in [-0.3, -0.25) is 4.79 Å². The number of nitrogens with zero attached hydrogens (tertiary/aromatic N) is 3. The Morgan fingerprint density at radius 3 is 2.40 bits per heavy atom. The van der Waals surface area contributed by atoms with Crippen LogP contribution >= 0.6 is 0 Å². The van der Waals surface area contributed by atoms with E-state index >= 15 is 0 Å². The molecule has 5 nitrogen and oxygen atoms in total. The lowest BCUT2D eigenvalue weighted by atomic mass is 10.2. The van der Waals surface area contributed by atoms with Crippen LogP contribution in [-0.2, 0) is 11.3 Å². The minimum absolute atomic E-state index is 0.0573. The molecule has 1 aliphatic rings. The van der Waals surface area contributed by atoms with Crippen LogP contribution in [-0.4, -0.2) is 59.9 Å². The number of urea groups is 1. The lowest BCUT2D eigenvalue weighted by Gasteiger charge is -2.36. The van der Waals surface area contributed by atoms with Crippen LogP contribution in [0.25, 0.3) is 0 Å². The molecule has 0 atom stereocenters. The van der Waals surface area contributed by atoms with E-state index in [1.54, 1.807) is 4.90 Å². The minimum Gasteiger partial charge on any atom is -0.342 e. The first kappa shape index (κ1) is 14.4. The fourth-order valence-electron chi connectivity index (χ4n) is 2.34. The molecule has 1 aromatic carbocycles. The van der Waals surface area contributed by atoms with Crippen LogP contribution < -0.4 is 0 Å². The molecule has 1 fully saturated rings. The van der Waals surface area contributed by atoms with Gasteiger partial charge in [-0.05, 0) is 12.5 Å². The summed E-state index contributed by atoms with van der Waals surface area (Å²) in [5, 5.41) is 0. The van der Waals surface area contributed by atoms with Gasteiger partial charge in [-0.2, -0.15) is 0 Å². The maximum atomic E-state index is 12.5. The normalized spacial score (nSPS) is 15.1. The first-order valence-electron chi connectivity index (χ1n) is 7.01. The summed E-state index contributed by atoms with van der Waals surface area (Å²) in [5.74, 6) is 0. The third-order valence-corrected chi connectivity index (χ3v) is 3.60. The summed E-state index contributed by atoms with van der Waals surface area (Å²) in [4.78, 5) is 28.5. The average molecular weight is 275 g/mol. The van der Waals surface area contributed by atoms with Gasteiger partial charge in [0.05, 0.1) is 0 Å². The molecule has 3 amide bonds. The number of carbonyl (C=O) groups excluding carboxylic acids is 2. The van der Waals surface area contributed by atoms with Crippen molar-refractivity contribution >= 4 is 12.4 Å². The van der Waals surface area contributed by atoms with Crippen LogP contribution in [0.15, 0.2) is 30.3 Å². The molecule has 0 aromatic heterocycles. The van der Waals surface area contributed by atoms with Crippen molar-refractivity contribution in [2.24, 2.45) is 0 Å². The largest absolute Gasteiger partial charge is 0.342 e. The summed E-state index contributed by atoms with van der Waals surface area (Å²) in [6, 6.07) is 10.1. The standard InChI is InChI=1S/C15H21N3O2/c1-2-17(12-14-6-4-3-5-7-14)15(20)18-10-8-16(13-19)9-11-18/h3-7,13H,2,8-12H2,1H3. The van der Waals surface area contributed by atoms with Gasteiger partial charge in [0.15, 0.2) is 0 Å².